The third kappa shape index (κ3) is 2.40. The van der Waals surface area contributed by atoms with Crippen LogP contribution in [0.3, 0.4) is 0 Å². The normalized spacial score (nSPS) is 12.0. The van der Waals surface area contributed by atoms with Crippen LogP contribution < -0.4 is 0 Å². The molecule has 0 amide bonds. The molecule has 0 saturated heterocycles. The van der Waals surface area contributed by atoms with Gasteiger partial charge in [0, 0.05) is 11.8 Å². The highest BCUT2D eigenvalue weighted by molar-refractivity contribution is 7.90. The summed E-state index contributed by atoms with van der Waals surface area (Å²) in [7, 11) is -3.35. The van der Waals surface area contributed by atoms with Gasteiger partial charge in [-0.1, -0.05) is 12.1 Å². The van der Waals surface area contributed by atoms with E-state index in [0.29, 0.717) is 11.1 Å². The number of imidazole rings is 1. The molecule has 3 rings (SSSR count). The summed E-state index contributed by atoms with van der Waals surface area (Å²) in [5.41, 5.74) is 0.706. The topological polar surface area (TPSA) is 62.8 Å². The van der Waals surface area contributed by atoms with E-state index in [4.69, 9.17) is 0 Å². The number of rotatable bonds is 2. The largest absolute Gasteiger partial charge is 0.338 e. The lowest BCUT2D eigenvalue weighted by molar-refractivity contribution is 0.515. The fourth-order valence-corrected chi connectivity index (χ4v) is 2.69. The summed E-state index contributed by atoms with van der Waals surface area (Å²) in [5, 5.41) is 0. The van der Waals surface area contributed by atoms with Gasteiger partial charge in [0.25, 0.3) is 0 Å². The van der Waals surface area contributed by atoms with Crippen molar-refractivity contribution in [3.05, 3.63) is 48.0 Å². The van der Waals surface area contributed by atoms with E-state index < -0.39 is 21.5 Å². The van der Waals surface area contributed by atoms with Crippen LogP contribution in [0.1, 0.15) is 0 Å². The van der Waals surface area contributed by atoms with Gasteiger partial charge in [-0.3, -0.25) is 0 Å². The molecular formula is C14H10F2N2O2S. The quantitative estimate of drug-likeness (QED) is 0.792. The van der Waals surface area contributed by atoms with Gasteiger partial charge in [-0.2, -0.15) is 0 Å². The second-order valence-corrected chi connectivity index (χ2v) is 6.66. The van der Waals surface area contributed by atoms with Gasteiger partial charge in [0.2, 0.25) is 0 Å². The van der Waals surface area contributed by atoms with Crippen molar-refractivity contribution in [3.8, 4) is 11.4 Å². The highest BCUT2D eigenvalue weighted by atomic mass is 32.2. The summed E-state index contributed by atoms with van der Waals surface area (Å²) in [5.74, 6) is -1.74. The second kappa shape index (κ2) is 4.63. The molecule has 4 nitrogen and oxygen atoms in total. The number of fused-ring (bicyclic) bond motifs is 1. The highest BCUT2D eigenvalue weighted by Crippen LogP contribution is 2.25. The van der Waals surface area contributed by atoms with Crippen molar-refractivity contribution >= 4 is 20.9 Å². The Labute approximate surface area is 119 Å². The minimum Gasteiger partial charge on any atom is -0.338 e. The predicted molar refractivity (Wildman–Crippen MR) is 74.6 cm³/mol. The summed E-state index contributed by atoms with van der Waals surface area (Å²) >= 11 is 0. The number of halogens is 2. The van der Waals surface area contributed by atoms with E-state index in [2.05, 4.69) is 9.97 Å². The molecule has 0 saturated carbocycles. The fourth-order valence-electron chi connectivity index (χ4n) is 2.03. The standard InChI is InChI=1S/C14H10F2N2O2S/c1-21(19,20)9-4-2-3-8(7-9)14-17-11-6-5-10(15)12(16)13(11)18-14/h2-7H,1H3,(H,17,18). The van der Waals surface area contributed by atoms with E-state index in [-0.39, 0.29) is 16.2 Å². The third-order valence-corrected chi connectivity index (χ3v) is 4.19. The molecular weight excluding hydrogens is 298 g/mol. The molecule has 0 unspecified atom stereocenters. The maximum absolute atomic E-state index is 13.6. The Kier molecular flexibility index (Phi) is 3.02. The Morgan fingerprint density at radius 3 is 2.62 bits per heavy atom. The lowest BCUT2D eigenvalue weighted by Crippen LogP contribution is -1.97. The molecule has 0 aliphatic rings. The molecule has 0 aliphatic carbocycles. The zero-order chi connectivity index (χ0) is 15.2. The van der Waals surface area contributed by atoms with Crippen LogP contribution in [0, 0.1) is 11.6 Å². The summed E-state index contributed by atoms with van der Waals surface area (Å²) in [4.78, 5) is 6.98. The molecule has 108 valence electrons. The number of aromatic amines is 1. The molecule has 0 bridgehead atoms. The van der Waals surface area contributed by atoms with Crippen molar-refractivity contribution < 1.29 is 17.2 Å². The lowest BCUT2D eigenvalue weighted by atomic mass is 10.2. The Morgan fingerprint density at radius 2 is 1.90 bits per heavy atom. The van der Waals surface area contributed by atoms with Crippen molar-refractivity contribution in [2.45, 2.75) is 4.90 Å². The average Bonchev–Trinajstić information content (AvgIpc) is 2.87. The van der Waals surface area contributed by atoms with Crippen molar-refractivity contribution in [2.24, 2.45) is 0 Å². The first-order chi connectivity index (χ1) is 9.86. The van der Waals surface area contributed by atoms with Gasteiger partial charge >= 0.3 is 0 Å². The summed E-state index contributed by atoms with van der Waals surface area (Å²) in [6, 6.07) is 8.48. The zero-order valence-electron chi connectivity index (χ0n) is 10.9. The molecule has 0 atom stereocenters. The van der Waals surface area contributed by atoms with E-state index in [9.17, 15) is 17.2 Å². The smallest absolute Gasteiger partial charge is 0.186 e. The molecule has 1 aromatic heterocycles. The summed E-state index contributed by atoms with van der Waals surface area (Å²) in [6.07, 6.45) is 1.10. The van der Waals surface area contributed by atoms with E-state index in [1.165, 1.54) is 18.2 Å². The lowest BCUT2D eigenvalue weighted by Gasteiger charge is -2.00. The number of sulfone groups is 1. The van der Waals surface area contributed by atoms with Gasteiger partial charge in [0.15, 0.2) is 21.5 Å². The van der Waals surface area contributed by atoms with E-state index in [0.717, 1.165) is 12.3 Å². The minimum atomic E-state index is -3.35. The average molecular weight is 308 g/mol. The summed E-state index contributed by atoms with van der Waals surface area (Å²) in [6.45, 7) is 0. The van der Waals surface area contributed by atoms with Crippen LogP contribution in [-0.4, -0.2) is 24.6 Å². The molecule has 1 heterocycles. The van der Waals surface area contributed by atoms with Gasteiger partial charge in [-0.15, -0.1) is 0 Å². The molecule has 3 aromatic rings. The monoisotopic (exact) mass is 308 g/mol. The molecule has 21 heavy (non-hydrogen) atoms. The predicted octanol–water partition coefficient (Wildman–Crippen LogP) is 2.91. The molecule has 1 N–H and O–H groups in total. The summed E-state index contributed by atoms with van der Waals surface area (Å²) < 4.78 is 49.9. The van der Waals surface area contributed by atoms with Crippen LogP contribution in [-0.2, 0) is 9.84 Å². The van der Waals surface area contributed by atoms with Crippen LogP contribution >= 0.6 is 0 Å². The number of hydrogen-bond donors (Lipinski definition) is 1. The van der Waals surface area contributed by atoms with Crippen molar-refractivity contribution in [1.82, 2.24) is 9.97 Å². The third-order valence-electron chi connectivity index (χ3n) is 3.08. The van der Waals surface area contributed by atoms with Crippen LogP contribution in [0.25, 0.3) is 22.4 Å². The Balaban J connectivity index is 2.19. The molecule has 2 aromatic carbocycles. The SMILES string of the molecule is CS(=O)(=O)c1cccc(-c2nc3c(F)c(F)ccc3[nH]2)c1. The van der Waals surface area contributed by atoms with Crippen LogP contribution in [0.2, 0.25) is 0 Å². The number of aromatic nitrogens is 2. The Morgan fingerprint density at radius 1 is 1.14 bits per heavy atom. The van der Waals surface area contributed by atoms with Crippen LogP contribution in [0.5, 0.6) is 0 Å². The minimum absolute atomic E-state index is 0.116. The van der Waals surface area contributed by atoms with Crippen molar-refractivity contribution in [3.63, 3.8) is 0 Å². The van der Waals surface area contributed by atoms with E-state index >= 15 is 0 Å². The Bertz CT molecular complexity index is 949. The molecule has 0 aliphatic heterocycles. The second-order valence-electron chi connectivity index (χ2n) is 4.64. The maximum atomic E-state index is 13.6. The van der Waals surface area contributed by atoms with Gasteiger partial charge < -0.3 is 4.98 Å². The number of hydrogen-bond acceptors (Lipinski definition) is 3. The number of nitrogens with one attached hydrogen (secondary N) is 1. The van der Waals surface area contributed by atoms with Crippen LogP contribution in [0.15, 0.2) is 41.3 Å². The van der Waals surface area contributed by atoms with Gasteiger partial charge in [-0.25, -0.2) is 22.2 Å². The Hall–Kier alpha value is -2.28. The van der Waals surface area contributed by atoms with Crippen LogP contribution in [0.4, 0.5) is 8.78 Å². The van der Waals surface area contributed by atoms with E-state index in [1.807, 2.05) is 0 Å². The van der Waals surface area contributed by atoms with Gasteiger partial charge in [0.1, 0.15) is 11.3 Å². The molecule has 0 radical (unpaired) electrons. The maximum Gasteiger partial charge on any atom is 0.186 e. The van der Waals surface area contributed by atoms with E-state index in [1.54, 1.807) is 12.1 Å². The van der Waals surface area contributed by atoms with Gasteiger partial charge in [0.05, 0.1) is 10.4 Å². The highest BCUT2D eigenvalue weighted by Gasteiger charge is 2.14. The zero-order valence-corrected chi connectivity index (χ0v) is 11.7. The number of H-pyrrole nitrogens is 1. The molecule has 0 spiro atoms. The van der Waals surface area contributed by atoms with Gasteiger partial charge in [-0.05, 0) is 24.3 Å². The fraction of sp³-hybridized carbons (Fsp3) is 0.0714. The van der Waals surface area contributed by atoms with Crippen molar-refractivity contribution in [1.29, 1.82) is 0 Å². The first kappa shape index (κ1) is 13.7. The van der Waals surface area contributed by atoms with Crippen molar-refractivity contribution in [2.75, 3.05) is 6.26 Å². The first-order valence-electron chi connectivity index (χ1n) is 6.00. The first-order valence-corrected chi connectivity index (χ1v) is 7.89. The molecule has 7 heteroatoms. The number of nitrogens with zero attached hydrogens (tertiary/aromatic N) is 1. The molecule has 0 fully saturated rings. The number of benzene rings is 2.